The van der Waals surface area contributed by atoms with E-state index in [1.54, 1.807) is 6.92 Å². The minimum Gasteiger partial charge on any atom is -0.487 e. The number of para-hydroxylation sites is 1. The average Bonchev–Trinajstić information content (AvgIpc) is 3.44. The van der Waals surface area contributed by atoms with Gasteiger partial charge in [0.1, 0.15) is 12.4 Å². The number of carbonyl (C=O) groups excluding carboxylic acids is 1. The molecule has 1 N–H and O–H groups in total. The molecule has 0 saturated heterocycles. The molecule has 1 heterocycles. The first-order chi connectivity index (χ1) is 20.4. The molecule has 0 bridgehead atoms. The molecule has 0 saturated carbocycles. The Morgan fingerprint density at radius 2 is 1.55 bits per heavy atom. The third kappa shape index (κ3) is 6.28. The van der Waals surface area contributed by atoms with E-state index in [2.05, 4.69) is 48.4 Å². The van der Waals surface area contributed by atoms with E-state index in [4.69, 9.17) is 18.9 Å². The summed E-state index contributed by atoms with van der Waals surface area (Å²) in [5.74, 6) is 1.60. The van der Waals surface area contributed by atoms with Crippen molar-refractivity contribution < 1.29 is 23.7 Å². The Balaban J connectivity index is 1.55. The van der Waals surface area contributed by atoms with Crippen LogP contribution in [-0.2, 0) is 21.6 Å². The number of benzene rings is 4. The van der Waals surface area contributed by atoms with Crippen molar-refractivity contribution in [2.45, 2.75) is 45.8 Å². The van der Waals surface area contributed by atoms with Gasteiger partial charge in [-0.3, -0.25) is 0 Å². The fraction of sp³-hybridized carbons (Fsp3) is 0.250. The summed E-state index contributed by atoms with van der Waals surface area (Å²) in [6.07, 6.45) is 2.05. The molecule has 6 heteroatoms. The summed E-state index contributed by atoms with van der Waals surface area (Å²) in [5.41, 5.74) is 4.83. The van der Waals surface area contributed by atoms with E-state index in [0.717, 1.165) is 33.2 Å². The van der Waals surface area contributed by atoms with Crippen LogP contribution in [0.1, 0.15) is 49.9 Å². The van der Waals surface area contributed by atoms with E-state index in [1.165, 1.54) is 0 Å². The molecule has 216 valence electrons. The minimum absolute atomic E-state index is 0.0329. The lowest BCUT2D eigenvalue weighted by atomic mass is 9.71. The number of esters is 1. The van der Waals surface area contributed by atoms with Crippen LogP contribution in [0, 0.1) is 0 Å². The molecule has 0 radical (unpaired) electrons. The normalized spacial score (nSPS) is 12.6. The Morgan fingerprint density at radius 3 is 2.29 bits per heavy atom. The van der Waals surface area contributed by atoms with Gasteiger partial charge in [0.15, 0.2) is 18.1 Å². The van der Waals surface area contributed by atoms with Crippen molar-refractivity contribution in [2.75, 3.05) is 13.2 Å². The van der Waals surface area contributed by atoms with Gasteiger partial charge in [0.2, 0.25) is 0 Å². The zero-order chi connectivity index (χ0) is 29.5. The molecule has 6 nitrogen and oxygen atoms in total. The number of aromatic nitrogens is 1. The van der Waals surface area contributed by atoms with Crippen molar-refractivity contribution >= 4 is 16.9 Å². The fourth-order valence-electron chi connectivity index (χ4n) is 5.21. The van der Waals surface area contributed by atoms with E-state index in [1.807, 2.05) is 80.6 Å². The second kappa shape index (κ2) is 12.9. The van der Waals surface area contributed by atoms with Crippen LogP contribution in [0.5, 0.6) is 17.2 Å². The number of fused-ring (bicyclic) bond motifs is 1. The molecule has 0 aliphatic rings. The maximum Gasteiger partial charge on any atom is 0.344 e. The molecular weight excluding hydrogens is 526 g/mol. The van der Waals surface area contributed by atoms with Crippen molar-refractivity contribution in [2.24, 2.45) is 0 Å². The smallest absolute Gasteiger partial charge is 0.344 e. The van der Waals surface area contributed by atoms with Gasteiger partial charge in [-0.05, 0) is 80.3 Å². The standard InChI is InChI=1S/C36H37NO5/c1-5-39-35(38)24-40-29-18-15-27(16-19-29)36(4,31-22-37-32-14-10-9-13-30(31)32)28-17-20-33(34(21-28)42-25(2)3)41-23-26-11-7-6-8-12-26/h6-22,25,37H,5,23-24H2,1-4H3. The van der Waals surface area contributed by atoms with Gasteiger partial charge in [-0.15, -0.1) is 0 Å². The number of aromatic amines is 1. The molecule has 0 aliphatic heterocycles. The molecule has 1 atom stereocenters. The van der Waals surface area contributed by atoms with Gasteiger partial charge in [0.05, 0.1) is 12.7 Å². The SMILES string of the molecule is CCOC(=O)COc1ccc(C(C)(c2ccc(OCc3ccccc3)c(OC(C)C)c2)c2c[nH]c3ccccc23)cc1. The van der Waals surface area contributed by atoms with Crippen molar-refractivity contribution in [3.05, 3.63) is 126 Å². The summed E-state index contributed by atoms with van der Waals surface area (Å²) in [6.45, 7) is 8.66. The Hall–Kier alpha value is -4.71. The predicted molar refractivity (Wildman–Crippen MR) is 165 cm³/mol. The fourth-order valence-corrected chi connectivity index (χ4v) is 5.21. The average molecular weight is 564 g/mol. The van der Waals surface area contributed by atoms with Gasteiger partial charge in [-0.2, -0.15) is 0 Å². The Morgan fingerprint density at radius 1 is 0.833 bits per heavy atom. The number of carbonyl (C=O) groups is 1. The molecule has 1 unspecified atom stereocenters. The van der Waals surface area contributed by atoms with Crippen LogP contribution < -0.4 is 14.2 Å². The zero-order valence-electron chi connectivity index (χ0n) is 24.6. The maximum atomic E-state index is 11.8. The second-order valence-corrected chi connectivity index (χ2v) is 10.6. The monoisotopic (exact) mass is 563 g/mol. The van der Waals surface area contributed by atoms with E-state index in [0.29, 0.717) is 30.5 Å². The molecule has 0 fully saturated rings. The summed E-state index contributed by atoms with van der Waals surface area (Å²) in [5, 5.41) is 1.14. The Labute approximate surface area is 247 Å². The van der Waals surface area contributed by atoms with E-state index >= 15 is 0 Å². The third-order valence-electron chi connectivity index (χ3n) is 7.34. The van der Waals surface area contributed by atoms with Gasteiger partial charge in [0.25, 0.3) is 0 Å². The summed E-state index contributed by atoms with van der Waals surface area (Å²) in [4.78, 5) is 15.3. The minimum atomic E-state index is -0.563. The van der Waals surface area contributed by atoms with Crippen LogP contribution in [0.3, 0.4) is 0 Å². The van der Waals surface area contributed by atoms with E-state index < -0.39 is 11.4 Å². The van der Waals surface area contributed by atoms with Crippen molar-refractivity contribution in [1.82, 2.24) is 4.98 Å². The van der Waals surface area contributed by atoms with Gasteiger partial charge < -0.3 is 23.9 Å². The van der Waals surface area contributed by atoms with Crippen LogP contribution in [-0.4, -0.2) is 30.3 Å². The number of rotatable bonds is 12. The number of hydrogen-bond donors (Lipinski definition) is 1. The van der Waals surface area contributed by atoms with Crippen LogP contribution in [0.15, 0.2) is 103 Å². The molecule has 4 aromatic carbocycles. The summed E-state index contributed by atoms with van der Waals surface area (Å²) < 4.78 is 23.2. The molecule has 42 heavy (non-hydrogen) atoms. The van der Waals surface area contributed by atoms with Crippen molar-refractivity contribution in [3.63, 3.8) is 0 Å². The van der Waals surface area contributed by atoms with Gasteiger partial charge in [0, 0.05) is 22.5 Å². The quantitative estimate of drug-likeness (QED) is 0.157. The molecule has 0 aliphatic carbocycles. The molecule has 0 amide bonds. The molecule has 0 spiro atoms. The van der Waals surface area contributed by atoms with E-state index in [9.17, 15) is 4.79 Å². The number of hydrogen-bond acceptors (Lipinski definition) is 5. The first-order valence-corrected chi connectivity index (χ1v) is 14.3. The van der Waals surface area contributed by atoms with Crippen molar-refractivity contribution in [1.29, 1.82) is 0 Å². The molecule has 5 aromatic rings. The molecule has 1 aromatic heterocycles. The van der Waals surface area contributed by atoms with Crippen LogP contribution in [0.25, 0.3) is 10.9 Å². The highest BCUT2D eigenvalue weighted by Gasteiger charge is 2.34. The molecule has 5 rings (SSSR count). The van der Waals surface area contributed by atoms with Gasteiger partial charge in [-0.25, -0.2) is 4.79 Å². The van der Waals surface area contributed by atoms with Crippen LogP contribution in [0.2, 0.25) is 0 Å². The van der Waals surface area contributed by atoms with Crippen molar-refractivity contribution in [3.8, 4) is 17.2 Å². The summed E-state index contributed by atoms with van der Waals surface area (Å²) >= 11 is 0. The topological polar surface area (TPSA) is 69.8 Å². The predicted octanol–water partition coefficient (Wildman–Crippen LogP) is 7.83. The summed E-state index contributed by atoms with van der Waals surface area (Å²) in [7, 11) is 0. The number of ether oxygens (including phenoxy) is 4. The summed E-state index contributed by atoms with van der Waals surface area (Å²) in [6, 6.07) is 32.5. The number of nitrogens with one attached hydrogen (secondary N) is 1. The maximum absolute atomic E-state index is 11.8. The highest BCUT2D eigenvalue weighted by Crippen LogP contribution is 2.45. The third-order valence-corrected chi connectivity index (χ3v) is 7.34. The number of H-pyrrole nitrogens is 1. The zero-order valence-corrected chi connectivity index (χ0v) is 24.6. The highest BCUT2D eigenvalue weighted by atomic mass is 16.6. The van der Waals surface area contributed by atoms with Crippen LogP contribution in [0.4, 0.5) is 0 Å². The van der Waals surface area contributed by atoms with Gasteiger partial charge >= 0.3 is 5.97 Å². The first-order valence-electron chi connectivity index (χ1n) is 14.3. The largest absolute Gasteiger partial charge is 0.487 e. The first kappa shape index (κ1) is 28.8. The Bertz CT molecular complexity index is 1620. The second-order valence-electron chi connectivity index (χ2n) is 10.6. The lowest BCUT2D eigenvalue weighted by Gasteiger charge is -2.32. The highest BCUT2D eigenvalue weighted by molar-refractivity contribution is 5.86. The lowest BCUT2D eigenvalue weighted by Crippen LogP contribution is -2.25. The van der Waals surface area contributed by atoms with Gasteiger partial charge in [-0.1, -0.05) is 66.7 Å². The Kier molecular flexibility index (Phi) is 8.82. The van der Waals surface area contributed by atoms with E-state index in [-0.39, 0.29) is 12.7 Å². The lowest BCUT2D eigenvalue weighted by molar-refractivity contribution is -0.145. The molecular formula is C36H37NO5. The van der Waals surface area contributed by atoms with Crippen LogP contribution >= 0.6 is 0 Å².